The lowest BCUT2D eigenvalue weighted by atomic mass is 9.60. The smallest absolute Gasteiger partial charge is 0.0598 e. The molecule has 2 rings (SSSR count). The van der Waals surface area contributed by atoms with Gasteiger partial charge in [-0.25, -0.2) is 0 Å². The molecule has 0 atom stereocenters. The van der Waals surface area contributed by atoms with Crippen molar-refractivity contribution in [2.45, 2.75) is 78.4 Å². The van der Waals surface area contributed by atoms with Gasteiger partial charge in [0.15, 0.2) is 0 Å². The molecule has 0 amide bonds. The first-order chi connectivity index (χ1) is 8.60. The van der Waals surface area contributed by atoms with Gasteiger partial charge in [0.2, 0.25) is 0 Å². The topological polar surface area (TPSA) is 12.5 Å². The van der Waals surface area contributed by atoms with E-state index in [1.54, 1.807) is 0 Å². The van der Waals surface area contributed by atoms with E-state index in [4.69, 9.17) is 4.74 Å². The lowest BCUT2D eigenvalue weighted by Gasteiger charge is -2.46. The average Bonchev–Trinajstić information content (AvgIpc) is 2.58. The first-order valence-corrected chi connectivity index (χ1v) is 7.99. The number of rotatable bonds is 3. The summed E-state index contributed by atoms with van der Waals surface area (Å²) in [4.78, 5) is 2.68. The van der Waals surface area contributed by atoms with Crippen molar-refractivity contribution < 1.29 is 4.74 Å². The van der Waals surface area contributed by atoms with Gasteiger partial charge in [0.05, 0.1) is 5.60 Å². The third-order valence-electron chi connectivity index (χ3n) is 4.89. The van der Waals surface area contributed by atoms with Crippen molar-refractivity contribution >= 4 is 0 Å². The van der Waals surface area contributed by atoms with Crippen molar-refractivity contribution in [3.05, 3.63) is 0 Å². The minimum atomic E-state index is 0.0256. The molecule has 1 saturated carbocycles. The highest BCUT2D eigenvalue weighted by Crippen LogP contribution is 2.53. The van der Waals surface area contributed by atoms with Crippen LogP contribution in [-0.4, -0.2) is 35.7 Å². The number of hydrogen-bond donors (Lipinski definition) is 0. The van der Waals surface area contributed by atoms with E-state index in [0.717, 1.165) is 12.5 Å². The second-order valence-electron chi connectivity index (χ2n) is 8.87. The fourth-order valence-electron chi connectivity index (χ4n) is 3.74. The predicted molar refractivity (Wildman–Crippen MR) is 81.4 cm³/mol. The van der Waals surface area contributed by atoms with Gasteiger partial charge in [-0.05, 0) is 85.1 Å². The number of hydrogen-bond acceptors (Lipinski definition) is 2. The molecule has 1 spiro atoms. The SMILES string of the molecule is CC(C)(C)OCCC1CC2(CCN(C(C)(C)C)C2)C1. The standard InChI is InChI=1S/C17H33NO/c1-15(2,3)18-9-8-17(13-18)11-14(12-17)7-10-19-16(4,5)6/h14H,7-13H2,1-6H3. The Bertz CT molecular complexity index is 304. The molecule has 0 radical (unpaired) electrons. The van der Waals surface area contributed by atoms with Gasteiger partial charge in [-0.1, -0.05) is 0 Å². The van der Waals surface area contributed by atoms with Crippen molar-refractivity contribution in [1.29, 1.82) is 0 Å². The van der Waals surface area contributed by atoms with Gasteiger partial charge in [0.25, 0.3) is 0 Å². The van der Waals surface area contributed by atoms with Crippen LogP contribution in [0.2, 0.25) is 0 Å². The highest BCUT2D eigenvalue weighted by molar-refractivity contribution is 5.02. The molecular formula is C17H33NO. The molecule has 19 heavy (non-hydrogen) atoms. The molecule has 0 aromatic rings. The maximum atomic E-state index is 5.85. The Morgan fingerprint density at radius 3 is 2.21 bits per heavy atom. The number of nitrogens with zero attached hydrogens (tertiary/aromatic N) is 1. The van der Waals surface area contributed by atoms with Gasteiger partial charge in [0.1, 0.15) is 0 Å². The van der Waals surface area contributed by atoms with Gasteiger partial charge in [-0.2, -0.15) is 0 Å². The average molecular weight is 267 g/mol. The first-order valence-electron chi connectivity index (χ1n) is 7.99. The van der Waals surface area contributed by atoms with E-state index in [0.29, 0.717) is 11.0 Å². The quantitative estimate of drug-likeness (QED) is 0.763. The van der Waals surface area contributed by atoms with Crippen LogP contribution >= 0.6 is 0 Å². The Labute approximate surface area is 119 Å². The Hall–Kier alpha value is -0.0800. The van der Waals surface area contributed by atoms with Crippen molar-refractivity contribution in [2.24, 2.45) is 11.3 Å². The lowest BCUT2D eigenvalue weighted by molar-refractivity contribution is -0.0307. The van der Waals surface area contributed by atoms with Crippen LogP contribution in [0.3, 0.4) is 0 Å². The third-order valence-corrected chi connectivity index (χ3v) is 4.89. The van der Waals surface area contributed by atoms with Crippen LogP contribution in [0.5, 0.6) is 0 Å². The molecule has 1 aliphatic carbocycles. The predicted octanol–water partition coefficient (Wildman–Crippen LogP) is 4.09. The summed E-state index contributed by atoms with van der Waals surface area (Å²) in [6.45, 7) is 17.0. The van der Waals surface area contributed by atoms with Gasteiger partial charge < -0.3 is 4.74 Å². The summed E-state index contributed by atoms with van der Waals surface area (Å²) in [5.41, 5.74) is 1.04. The second kappa shape index (κ2) is 5.04. The monoisotopic (exact) mass is 267 g/mol. The summed E-state index contributed by atoms with van der Waals surface area (Å²) >= 11 is 0. The highest BCUT2D eigenvalue weighted by Gasteiger charge is 2.49. The number of ether oxygens (including phenoxy) is 1. The maximum Gasteiger partial charge on any atom is 0.0598 e. The zero-order valence-electron chi connectivity index (χ0n) is 13.9. The molecule has 0 aromatic heterocycles. The Morgan fingerprint density at radius 2 is 1.74 bits per heavy atom. The van der Waals surface area contributed by atoms with Gasteiger partial charge in [0, 0.05) is 18.7 Å². The van der Waals surface area contributed by atoms with Crippen LogP contribution in [-0.2, 0) is 4.74 Å². The summed E-state index contributed by atoms with van der Waals surface area (Å²) in [5.74, 6) is 0.919. The van der Waals surface area contributed by atoms with E-state index in [-0.39, 0.29) is 5.60 Å². The fraction of sp³-hybridized carbons (Fsp3) is 1.00. The molecule has 1 heterocycles. The van der Waals surface area contributed by atoms with E-state index in [1.807, 2.05) is 0 Å². The van der Waals surface area contributed by atoms with Crippen LogP contribution in [0.15, 0.2) is 0 Å². The molecule has 0 unspecified atom stereocenters. The number of likely N-dealkylation sites (tertiary alicyclic amines) is 1. The van der Waals surface area contributed by atoms with E-state index in [1.165, 1.54) is 38.8 Å². The van der Waals surface area contributed by atoms with Crippen LogP contribution in [0.1, 0.15) is 67.2 Å². The molecule has 2 aliphatic rings. The molecule has 0 bridgehead atoms. The van der Waals surface area contributed by atoms with Crippen molar-refractivity contribution in [2.75, 3.05) is 19.7 Å². The van der Waals surface area contributed by atoms with Crippen molar-refractivity contribution in [1.82, 2.24) is 4.90 Å². The van der Waals surface area contributed by atoms with E-state index in [9.17, 15) is 0 Å². The Kier molecular flexibility index (Phi) is 4.06. The minimum absolute atomic E-state index is 0.0256. The minimum Gasteiger partial charge on any atom is -0.376 e. The van der Waals surface area contributed by atoms with Crippen molar-refractivity contribution in [3.8, 4) is 0 Å². The maximum absolute atomic E-state index is 5.85. The molecule has 2 fully saturated rings. The van der Waals surface area contributed by atoms with Crippen LogP contribution in [0.25, 0.3) is 0 Å². The van der Waals surface area contributed by atoms with Crippen molar-refractivity contribution in [3.63, 3.8) is 0 Å². The summed E-state index contributed by atoms with van der Waals surface area (Å²) in [7, 11) is 0. The third kappa shape index (κ3) is 3.95. The summed E-state index contributed by atoms with van der Waals surface area (Å²) in [5, 5.41) is 0. The van der Waals surface area contributed by atoms with Gasteiger partial charge in [-0.15, -0.1) is 0 Å². The molecule has 1 saturated heterocycles. The van der Waals surface area contributed by atoms with E-state index >= 15 is 0 Å². The molecule has 0 N–H and O–H groups in total. The summed E-state index contributed by atoms with van der Waals surface area (Å²) in [6, 6.07) is 0. The van der Waals surface area contributed by atoms with Crippen LogP contribution < -0.4 is 0 Å². The lowest BCUT2D eigenvalue weighted by Crippen LogP contribution is -2.45. The molecule has 1 aliphatic heterocycles. The highest BCUT2D eigenvalue weighted by atomic mass is 16.5. The molecule has 0 aromatic carbocycles. The molecular weight excluding hydrogens is 234 g/mol. The summed E-state index contributed by atoms with van der Waals surface area (Å²) < 4.78 is 5.85. The zero-order chi connectivity index (χ0) is 14.3. The fourth-order valence-corrected chi connectivity index (χ4v) is 3.74. The van der Waals surface area contributed by atoms with Gasteiger partial charge in [-0.3, -0.25) is 4.90 Å². The van der Waals surface area contributed by atoms with Crippen LogP contribution in [0.4, 0.5) is 0 Å². The van der Waals surface area contributed by atoms with Gasteiger partial charge >= 0.3 is 0 Å². The van der Waals surface area contributed by atoms with E-state index < -0.39 is 0 Å². The second-order valence-corrected chi connectivity index (χ2v) is 8.87. The Morgan fingerprint density at radius 1 is 1.11 bits per heavy atom. The first kappa shape index (κ1) is 15.3. The van der Waals surface area contributed by atoms with E-state index in [2.05, 4.69) is 46.4 Å². The Balaban J connectivity index is 1.69. The molecule has 2 nitrogen and oxygen atoms in total. The van der Waals surface area contributed by atoms with Crippen LogP contribution in [0, 0.1) is 11.3 Å². The molecule has 2 heteroatoms. The largest absolute Gasteiger partial charge is 0.376 e. The normalized spacial score (nSPS) is 32.8. The zero-order valence-corrected chi connectivity index (χ0v) is 13.9. The summed E-state index contributed by atoms with van der Waals surface area (Å²) in [6.07, 6.45) is 5.55. The molecule has 112 valence electrons.